The molecule has 0 spiro atoms. The Kier molecular flexibility index (Phi) is 17.2. The van der Waals surface area contributed by atoms with Crippen LogP contribution in [-0.4, -0.2) is 77.8 Å². The summed E-state index contributed by atoms with van der Waals surface area (Å²) in [5.41, 5.74) is 0. The Morgan fingerprint density at radius 1 is 0.750 bits per heavy atom. The second-order valence-corrected chi connectivity index (χ2v) is 4.86. The Balaban J connectivity index is -0.00000264. The number of Topliss-reactive ketones (excluding diaryl/α,β-unsaturated/α-hetero) is 1. The zero-order valence-electron chi connectivity index (χ0n) is 14.9. The van der Waals surface area contributed by atoms with Crippen molar-refractivity contribution < 1.29 is 31.4 Å². The van der Waals surface area contributed by atoms with Gasteiger partial charge in [0.05, 0.1) is 46.2 Å². The molecule has 0 radical (unpaired) electrons. The molecule has 0 aliphatic rings. The normalized spacial score (nSPS) is 10.6. The number of carbonyl (C=O) groups excluding carboxylic acids is 2. The predicted molar refractivity (Wildman–Crippen MR) is 94.5 cm³/mol. The quantitative estimate of drug-likeness (QED) is 0.382. The topological polar surface area (TPSA) is 95.1 Å². The van der Waals surface area contributed by atoms with Crippen LogP contribution in [0.1, 0.15) is 29.5 Å². The summed E-state index contributed by atoms with van der Waals surface area (Å²) in [6.45, 7) is 8.60. The van der Waals surface area contributed by atoms with E-state index in [4.69, 9.17) is 18.9 Å². The fourth-order valence-corrected chi connectivity index (χ4v) is 1.58. The number of ketones is 1. The second-order valence-electron chi connectivity index (χ2n) is 4.86. The summed E-state index contributed by atoms with van der Waals surface area (Å²) in [4.78, 5) is 22.5. The van der Waals surface area contributed by atoms with Gasteiger partial charge in [-0.2, -0.15) is 0 Å². The zero-order valence-corrected chi connectivity index (χ0v) is 14.9. The molecule has 0 aliphatic carbocycles. The van der Waals surface area contributed by atoms with E-state index < -0.39 is 0 Å². The Labute approximate surface area is 147 Å². The Morgan fingerprint density at radius 3 is 1.75 bits per heavy atom. The van der Waals surface area contributed by atoms with Crippen LogP contribution in [0.25, 0.3) is 0 Å². The highest BCUT2D eigenvalue weighted by Gasteiger charge is 1.99. The van der Waals surface area contributed by atoms with Crippen LogP contribution in [-0.2, 0) is 23.7 Å². The lowest BCUT2D eigenvalue weighted by molar-refractivity contribution is -0.119. The van der Waals surface area contributed by atoms with E-state index >= 15 is 0 Å². The molecular formula is C16H36N2O6. The van der Waals surface area contributed by atoms with Crippen molar-refractivity contribution in [2.45, 2.75) is 26.7 Å². The van der Waals surface area contributed by atoms with Gasteiger partial charge >= 0.3 is 6.03 Å². The maximum Gasteiger partial charge on any atom is 0.314 e. The average molecular weight is 352 g/mol. The highest BCUT2D eigenvalue weighted by molar-refractivity contribution is 5.78. The van der Waals surface area contributed by atoms with E-state index in [1.54, 1.807) is 0 Å². The van der Waals surface area contributed by atoms with E-state index in [0.29, 0.717) is 78.8 Å². The van der Waals surface area contributed by atoms with E-state index in [9.17, 15) is 9.59 Å². The molecule has 2 amide bonds. The minimum Gasteiger partial charge on any atom is -0.379 e. The smallest absolute Gasteiger partial charge is 0.314 e. The average Bonchev–Trinajstić information content (AvgIpc) is 2.59. The van der Waals surface area contributed by atoms with Gasteiger partial charge in [0, 0.05) is 35.4 Å². The maximum absolute atomic E-state index is 11.4. The zero-order chi connectivity index (χ0) is 17.9. The number of amides is 2. The molecule has 0 rings (SSSR count). The van der Waals surface area contributed by atoms with Gasteiger partial charge in [-0.3, -0.25) is 4.79 Å². The molecule has 0 heterocycles. The molecule has 24 heavy (non-hydrogen) atoms. The molecule has 146 valence electrons. The third-order valence-corrected chi connectivity index (χ3v) is 2.93. The number of rotatable bonds is 17. The largest absolute Gasteiger partial charge is 0.379 e. The molecule has 2 N–H and O–H groups in total. The Bertz CT molecular complexity index is 325. The van der Waals surface area contributed by atoms with Gasteiger partial charge in [0.25, 0.3) is 0 Å². The minimum atomic E-state index is -0.249. The first-order valence-corrected chi connectivity index (χ1v) is 8.55. The molecule has 0 aromatic rings. The SMILES string of the molecule is CCOCCOCCNC(=O)NCCOCCOCCC(=O)CC.[HH].[HH]. The van der Waals surface area contributed by atoms with Crippen molar-refractivity contribution in [2.75, 3.05) is 65.9 Å². The standard InChI is InChI=1S/C16H32N2O6.2H2/c1-3-15(19)5-8-22-13-14-24-10-7-18-16(20)17-6-9-23-12-11-21-4-2;;/h3-14H2,1-2H3,(H2,17,18,20);2*1H. The molecule has 0 aliphatic heterocycles. The number of hydrogen-bond acceptors (Lipinski definition) is 6. The van der Waals surface area contributed by atoms with Crippen molar-refractivity contribution in [3.8, 4) is 0 Å². The van der Waals surface area contributed by atoms with Crippen molar-refractivity contribution in [2.24, 2.45) is 0 Å². The summed E-state index contributed by atoms with van der Waals surface area (Å²) in [5.74, 6) is 0.200. The summed E-state index contributed by atoms with van der Waals surface area (Å²) in [7, 11) is 0. The first-order chi connectivity index (χ1) is 11.7. The first kappa shape index (κ1) is 22.8. The van der Waals surface area contributed by atoms with Gasteiger partial charge in [-0.15, -0.1) is 0 Å². The van der Waals surface area contributed by atoms with Gasteiger partial charge in [-0.05, 0) is 6.92 Å². The lowest BCUT2D eigenvalue weighted by Gasteiger charge is -2.09. The van der Waals surface area contributed by atoms with Gasteiger partial charge in [0.2, 0.25) is 0 Å². The van der Waals surface area contributed by atoms with Crippen LogP contribution in [0.2, 0.25) is 0 Å². The number of carbonyl (C=O) groups is 2. The Hall–Kier alpha value is -1.22. The van der Waals surface area contributed by atoms with E-state index in [1.165, 1.54) is 0 Å². The lowest BCUT2D eigenvalue weighted by atomic mass is 10.2. The second kappa shape index (κ2) is 18.1. The van der Waals surface area contributed by atoms with Gasteiger partial charge in [-0.1, -0.05) is 6.92 Å². The highest BCUT2D eigenvalue weighted by Crippen LogP contribution is 1.89. The van der Waals surface area contributed by atoms with Crippen LogP contribution < -0.4 is 10.6 Å². The Morgan fingerprint density at radius 2 is 1.25 bits per heavy atom. The van der Waals surface area contributed by atoms with Crippen LogP contribution in [0.3, 0.4) is 0 Å². The summed E-state index contributed by atoms with van der Waals surface area (Å²) in [6, 6.07) is -0.249. The van der Waals surface area contributed by atoms with Gasteiger partial charge in [0.1, 0.15) is 5.78 Å². The van der Waals surface area contributed by atoms with E-state index in [-0.39, 0.29) is 14.7 Å². The van der Waals surface area contributed by atoms with Crippen molar-refractivity contribution in [3.63, 3.8) is 0 Å². The molecule has 0 aromatic heterocycles. The molecular weight excluding hydrogens is 316 g/mol. The van der Waals surface area contributed by atoms with Crippen LogP contribution in [0.15, 0.2) is 0 Å². The van der Waals surface area contributed by atoms with Gasteiger partial charge < -0.3 is 29.6 Å². The number of hydrogen-bond donors (Lipinski definition) is 2. The lowest BCUT2D eigenvalue weighted by Crippen LogP contribution is -2.39. The molecule has 0 saturated carbocycles. The van der Waals surface area contributed by atoms with Crippen LogP contribution in [0.4, 0.5) is 4.79 Å². The molecule has 0 fully saturated rings. The van der Waals surface area contributed by atoms with Gasteiger partial charge in [0.15, 0.2) is 0 Å². The summed E-state index contributed by atoms with van der Waals surface area (Å²) >= 11 is 0. The highest BCUT2D eigenvalue weighted by atomic mass is 16.5. The van der Waals surface area contributed by atoms with Gasteiger partial charge in [-0.25, -0.2) is 4.79 Å². The van der Waals surface area contributed by atoms with E-state index in [1.807, 2.05) is 13.8 Å². The number of nitrogens with one attached hydrogen (secondary N) is 2. The monoisotopic (exact) mass is 352 g/mol. The van der Waals surface area contributed by atoms with E-state index in [2.05, 4.69) is 10.6 Å². The molecule has 0 aromatic carbocycles. The van der Waals surface area contributed by atoms with E-state index in [0.717, 1.165) is 0 Å². The van der Waals surface area contributed by atoms with Crippen molar-refractivity contribution in [1.29, 1.82) is 0 Å². The molecule has 0 saturated heterocycles. The summed E-state index contributed by atoms with van der Waals surface area (Å²) in [5, 5.41) is 5.36. The minimum absolute atomic E-state index is 0. The first-order valence-electron chi connectivity index (χ1n) is 8.55. The van der Waals surface area contributed by atoms with Crippen molar-refractivity contribution in [1.82, 2.24) is 10.6 Å². The predicted octanol–water partition coefficient (Wildman–Crippen LogP) is 1.23. The third-order valence-electron chi connectivity index (χ3n) is 2.93. The van der Waals surface area contributed by atoms with Crippen molar-refractivity contribution >= 4 is 11.8 Å². The third kappa shape index (κ3) is 17.1. The molecule has 0 bridgehead atoms. The fourth-order valence-electron chi connectivity index (χ4n) is 1.58. The molecule has 8 heteroatoms. The summed E-state index contributed by atoms with van der Waals surface area (Å²) < 4.78 is 21.0. The van der Waals surface area contributed by atoms with Crippen LogP contribution in [0, 0.1) is 0 Å². The van der Waals surface area contributed by atoms with Crippen LogP contribution >= 0.6 is 0 Å². The molecule has 0 atom stereocenters. The fraction of sp³-hybridized carbons (Fsp3) is 0.875. The maximum atomic E-state index is 11.4. The van der Waals surface area contributed by atoms with Crippen LogP contribution in [0.5, 0.6) is 0 Å². The van der Waals surface area contributed by atoms with Crippen molar-refractivity contribution in [3.05, 3.63) is 0 Å². The summed E-state index contributed by atoms with van der Waals surface area (Å²) in [6.07, 6.45) is 1.00. The number of ether oxygens (including phenoxy) is 4. The molecule has 0 unspecified atom stereocenters. The molecule has 8 nitrogen and oxygen atoms in total. The number of urea groups is 1.